The fourth-order valence-electron chi connectivity index (χ4n) is 5.81. The third-order valence-corrected chi connectivity index (χ3v) is 10.3. The van der Waals surface area contributed by atoms with Crippen LogP contribution in [0.1, 0.15) is 90.6 Å². The predicted octanol–water partition coefficient (Wildman–Crippen LogP) is 5.29. The molecule has 1 atom stereocenters. The number of sulfonamides is 1. The second-order valence-electron chi connectivity index (χ2n) is 11.6. The van der Waals surface area contributed by atoms with Gasteiger partial charge in [0.15, 0.2) is 11.3 Å². The van der Waals surface area contributed by atoms with Gasteiger partial charge in [-0.25, -0.2) is 17.9 Å². The van der Waals surface area contributed by atoms with Crippen LogP contribution in [0, 0.1) is 18.8 Å². The van der Waals surface area contributed by atoms with Crippen LogP contribution in [0.3, 0.4) is 0 Å². The Hall–Kier alpha value is -3.25. The van der Waals surface area contributed by atoms with E-state index in [4.69, 9.17) is 19.6 Å². The maximum absolute atomic E-state index is 13.8. The second-order valence-corrected chi connectivity index (χ2v) is 13.5. The number of fused-ring (bicyclic) bond motifs is 1. The van der Waals surface area contributed by atoms with Gasteiger partial charge >= 0.3 is 5.97 Å². The first-order chi connectivity index (χ1) is 21.1. The van der Waals surface area contributed by atoms with E-state index in [9.17, 15) is 18.0 Å². The molecule has 44 heavy (non-hydrogen) atoms. The number of carbonyl (C=O) groups excluding carboxylic acids is 1. The SMILES string of the molecule is CCCCCC(CC)Cc1nc(C)c2c(=O)[nH]c(-c3cc(S(=O)(=O)N4CCC(C(=O)OCC)CC4)ccc3OCCC)nn12. The molecule has 1 fully saturated rings. The van der Waals surface area contributed by atoms with E-state index >= 15 is 0 Å². The lowest BCUT2D eigenvalue weighted by molar-refractivity contribution is -0.149. The fraction of sp³-hybridized carbons (Fsp3) is 0.625. The van der Waals surface area contributed by atoms with Crippen molar-refractivity contribution >= 4 is 21.5 Å². The van der Waals surface area contributed by atoms with Gasteiger partial charge in [-0.2, -0.15) is 4.31 Å². The fourth-order valence-corrected chi connectivity index (χ4v) is 7.31. The number of hydrogen-bond acceptors (Lipinski definition) is 8. The lowest BCUT2D eigenvalue weighted by atomic mass is 9.95. The summed E-state index contributed by atoms with van der Waals surface area (Å²) in [6.45, 7) is 11.1. The molecule has 1 N–H and O–H groups in total. The number of benzene rings is 1. The Balaban J connectivity index is 1.71. The topological polar surface area (TPSA) is 136 Å². The van der Waals surface area contributed by atoms with E-state index in [1.807, 2.05) is 13.8 Å². The van der Waals surface area contributed by atoms with E-state index in [1.165, 1.54) is 22.9 Å². The zero-order valence-electron chi connectivity index (χ0n) is 26.7. The average Bonchev–Trinajstić information content (AvgIpc) is 3.34. The molecule has 0 radical (unpaired) electrons. The van der Waals surface area contributed by atoms with Gasteiger partial charge in [0, 0.05) is 19.5 Å². The normalized spacial score (nSPS) is 15.5. The number of aromatic nitrogens is 4. The number of aromatic amines is 1. The summed E-state index contributed by atoms with van der Waals surface area (Å²) in [4.78, 5) is 33.3. The van der Waals surface area contributed by atoms with Gasteiger partial charge in [-0.15, -0.1) is 5.10 Å². The molecule has 0 spiro atoms. The van der Waals surface area contributed by atoms with E-state index in [-0.39, 0.29) is 41.3 Å². The number of esters is 1. The zero-order chi connectivity index (χ0) is 31.9. The van der Waals surface area contributed by atoms with Crippen LogP contribution in [0.15, 0.2) is 27.9 Å². The summed E-state index contributed by atoms with van der Waals surface area (Å²) in [5, 5.41) is 4.82. The molecule has 1 aliphatic rings. The quantitative estimate of drug-likeness (QED) is 0.177. The molecule has 1 aromatic carbocycles. The molecular weight excluding hydrogens is 582 g/mol. The molecule has 0 aliphatic carbocycles. The number of hydrogen-bond donors (Lipinski definition) is 1. The number of nitrogens with zero attached hydrogens (tertiary/aromatic N) is 4. The Bertz CT molecular complexity index is 1590. The highest BCUT2D eigenvalue weighted by Crippen LogP contribution is 2.33. The highest BCUT2D eigenvalue weighted by atomic mass is 32.2. The number of nitrogens with one attached hydrogen (secondary N) is 1. The minimum atomic E-state index is -3.89. The highest BCUT2D eigenvalue weighted by molar-refractivity contribution is 7.89. The Morgan fingerprint density at radius 2 is 1.86 bits per heavy atom. The molecule has 3 aromatic rings. The van der Waals surface area contributed by atoms with Gasteiger partial charge in [0.2, 0.25) is 10.0 Å². The van der Waals surface area contributed by atoms with Gasteiger partial charge in [0.25, 0.3) is 5.56 Å². The number of ether oxygens (including phenoxy) is 2. The van der Waals surface area contributed by atoms with Crippen LogP contribution in [-0.4, -0.2) is 64.6 Å². The number of H-pyrrole nitrogens is 1. The predicted molar refractivity (Wildman–Crippen MR) is 169 cm³/mol. The summed E-state index contributed by atoms with van der Waals surface area (Å²) in [5.74, 6) is 1.19. The lowest BCUT2D eigenvalue weighted by Gasteiger charge is -2.30. The largest absolute Gasteiger partial charge is 0.493 e. The highest BCUT2D eigenvalue weighted by Gasteiger charge is 2.33. The molecule has 0 saturated carbocycles. The molecule has 0 amide bonds. The van der Waals surface area contributed by atoms with Gasteiger partial charge < -0.3 is 14.5 Å². The number of carbonyl (C=O) groups is 1. The molecular formula is C32H47N5O6S. The van der Waals surface area contributed by atoms with Crippen molar-refractivity contribution in [3.8, 4) is 17.1 Å². The van der Waals surface area contributed by atoms with Crippen molar-refractivity contribution in [3.05, 3.63) is 40.1 Å². The molecule has 1 saturated heterocycles. The first-order valence-electron chi connectivity index (χ1n) is 16.1. The van der Waals surface area contributed by atoms with E-state index < -0.39 is 10.0 Å². The molecule has 3 heterocycles. The summed E-state index contributed by atoms with van der Waals surface area (Å²) in [7, 11) is -3.89. The molecule has 0 bridgehead atoms. The smallest absolute Gasteiger partial charge is 0.309 e. The van der Waals surface area contributed by atoms with Crippen molar-refractivity contribution in [2.75, 3.05) is 26.3 Å². The minimum Gasteiger partial charge on any atom is -0.493 e. The molecule has 1 aliphatic heterocycles. The molecule has 11 nitrogen and oxygen atoms in total. The van der Waals surface area contributed by atoms with Crippen molar-refractivity contribution in [1.82, 2.24) is 23.9 Å². The number of piperidine rings is 1. The summed E-state index contributed by atoms with van der Waals surface area (Å²) < 4.78 is 41.7. The van der Waals surface area contributed by atoms with Crippen molar-refractivity contribution in [1.29, 1.82) is 0 Å². The first-order valence-corrected chi connectivity index (χ1v) is 17.5. The van der Waals surface area contributed by atoms with E-state index in [1.54, 1.807) is 17.5 Å². The first kappa shape index (κ1) is 33.6. The van der Waals surface area contributed by atoms with Crippen LogP contribution in [0.5, 0.6) is 5.75 Å². The monoisotopic (exact) mass is 629 g/mol. The van der Waals surface area contributed by atoms with Crippen LogP contribution in [-0.2, 0) is 26.0 Å². The Morgan fingerprint density at radius 1 is 1.11 bits per heavy atom. The van der Waals surface area contributed by atoms with Crippen LogP contribution in [0.2, 0.25) is 0 Å². The van der Waals surface area contributed by atoms with Crippen LogP contribution in [0.4, 0.5) is 0 Å². The zero-order valence-corrected chi connectivity index (χ0v) is 27.5. The maximum atomic E-state index is 13.8. The van der Waals surface area contributed by atoms with Crippen LogP contribution < -0.4 is 10.3 Å². The van der Waals surface area contributed by atoms with E-state index in [2.05, 4.69) is 18.8 Å². The standard InChI is InChI=1S/C32H47N5O6S/c1-6-10-11-12-23(8-3)20-28-33-22(5)29-31(38)34-30(35-37(28)29)26-21-25(13-14-27(26)43-19-7-2)44(40,41)36-17-15-24(16-18-36)32(39)42-9-4/h13-14,21,23-24H,6-12,15-20H2,1-5H3,(H,34,35,38). The Kier molecular flexibility index (Phi) is 11.6. The third kappa shape index (κ3) is 7.51. The summed E-state index contributed by atoms with van der Waals surface area (Å²) in [6.07, 6.45) is 7.81. The van der Waals surface area contributed by atoms with Crippen molar-refractivity contribution in [2.24, 2.45) is 11.8 Å². The number of imidazole rings is 1. The van der Waals surface area contributed by atoms with Crippen molar-refractivity contribution in [2.45, 2.75) is 97.3 Å². The minimum absolute atomic E-state index is 0.0673. The van der Waals surface area contributed by atoms with E-state index in [0.717, 1.165) is 37.9 Å². The van der Waals surface area contributed by atoms with Gasteiger partial charge in [0.1, 0.15) is 11.6 Å². The second kappa shape index (κ2) is 15.2. The van der Waals surface area contributed by atoms with Gasteiger partial charge in [0.05, 0.1) is 35.3 Å². The van der Waals surface area contributed by atoms with Crippen molar-refractivity contribution < 1.29 is 22.7 Å². The molecule has 2 aromatic heterocycles. The molecule has 242 valence electrons. The Morgan fingerprint density at radius 3 is 2.52 bits per heavy atom. The van der Waals surface area contributed by atoms with Crippen LogP contribution in [0.25, 0.3) is 16.9 Å². The number of rotatable bonds is 15. The third-order valence-electron chi connectivity index (χ3n) is 8.39. The lowest BCUT2D eigenvalue weighted by Crippen LogP contribution is -2.40. The molecule has 12 heteroatoms. The number of aryl methyl sites for hydroxylation is 1. The van der Waals surface area contributed by atoms with Gasteiger partial charge in [-0.05, 0) is 57.2 Å². The Labute approximate surface area is 260 Å². The molecule has 1 unspecified atom stereocenters. The van der Waals surface area contributed by atoms with Crippen molar-refractivity contribution in [3.63, 3.8) is 0 Å². The van der Waals surface area contributed by atoms with Crippen LogP contribution >= 0.6 is 0 Å². The average molecular weight is 630 g/mol. The maximum Gasteiger partial charge on any atom is 0.309 e. The molecule has 4 rings (SSSR count). The number of unbranched alkanes of at least 4 members (excludes halogenated alkanes) is 2. The summed E-state index contributed by atoms with van der Waals surface area (Å²) in [5.41, 5.74) is 1.03. The van der Waals surface area contributed by atoms with Gasteiger partial charge in [-0.1, -0.05) is 52.9 Å². The van der Waals surface area contributed by atoms with Gasteiger partial charge in [-0.3, -0.25) is 9.59 Å². The van der Waals surface area contributed by atoms with E-state index in [0.29, 0.717) is 60.9 Å². The summed E-state index contributed by atoms with van der Waals surface area (Å²) in [6, 6.07) is 4.66. The summed E-state index contributed by atoms with van der Waals surface area (Å²) >= 11 is 0.